The fourth-order valence-corrected chi connectivity index (χ4v) is 2.15. The number of aliphatic hydroxyl groups excluding tert-OH is 2. The molecule has 0 radical (unpaired) electrons. The van der Waals surface area contributed by atoms with Crippen LogP contribution in [0.25, 0.3) is 0 Å². The summed E-state index contributed by atoms with van der Waals surface area (Å²) in [5.41, 5.74) is 5.32. The van der Waals surface area contributed by atoms with Crippen LogP contribution in [0.3, 0.4) is 0 Å². The van der Waals surface area contributed by atoms with Crippen molar-refractivity contribution < 1.29 is 44.4 Å². The molecule has 29 heavy (non-hydrogen) atoms. The van der Waals surface area contributed by atoms with Gasteiger partial charge in [0.1, 0.15) is 24.2 Å². The predicted octanol–water partition coefficient (Wildman–Crippen LogP) is -3.64. The van der Waals surface area contributed by atoms with Gasteiger partial charge in [0.25, 0.3) is 0 Å². The van der Waals surface area contributed by atoms with Gasteiger partial charge in [0, 0.05) is 0 Å². The van der Waals surface area contributed by atoms with Crippen molar-refractivity contribution in [2.45, 2.75) is 50.9 Å². The summed E-state index contributed by atoms with van der Waals surface area (Å²) in [6, 6.07) is -5.77. The van der Waals surface area contributed by atoms with E-state index in [-0.39, 0.29) is 0 Å². The number of carbonyl (C=O) groups is 5. The highest BCUT2D eigenvalue weighted by Crippen LogP contribution is 2.09. The second-order valence-electron chi connectivity index (χ2n) is 6.40. The zero-order valence-corrected chi connectivity index (χ0v) is 16.1. The number of hydrogen-bond donors (Lipinski definition) is 8. The molecule has 166 valence electrons. The zero-order chi connectivity index (χ0) is 22.7. The van der Waals surface area contributed by atoms with Crippen LogP contribution < -0.4 is 21.7 Å². The monoisotopic (exact) mass is 420 g/mol. The molecule has 0 aromatic rings. The maximum absolute atomic E-state index is 12.5. The predicted molar refractivity (Wildman–Crippen MR) is 97.3 cm³/mol. The third kappa shape index (κ3) is 8.85. The largest absolute Gasteiger partial charge is 0.481 e. The smallest absolute Gasteiger partial charge is 0.326 e. The summed E-state index contributed by atoms with van der Waals surface area (Å²) in [4.78, 5) is 58.5. The molecule has 0 saturated carbocycles. The van der Waals surface area contributed by atoms with Crippen molar-refractivity contribution in [3.05, 3.63) is 0 Å². The minimum atomic E-state index is -1.71. The quantitative estimate of drug-likeness (QED) is 0.146. The molecule has 9 N–H and O–H groups in total. The van der Waals surface area contributed by atoms with Gasteiger partial charge in [-0.1, -0.05) is 20.3 Å². The van der Waals surface area contributed by atoms with Crippen molar-refractivity contribution in [3.63, 3.8) is 0 Å². The van der Waals surface area contributed by atoms with Crippen LogP contribution in [0.1, 0.15) is 26.7 Å². The Bertz CT molecular complexity index is 613. The first-order valence-corrected chi connectivity index (χ1v) is 8.81. The van der Waals surface area contributed by atoms with Gasteiger partial charge in [-0.05, 0) is 5.92 Å². The molecule has 0 fully saturated rings. The van der Waals surface area contributed by atoms with E-state index in [4.69, 9.17) is 21.1 Å². The first-order valence-electron chi connectivity index (χ1n) is 8.81. The van der Waals surface area contributed by atoms with E-state index < -0.39 is 79.4 Å². The molecule has 0 spiro atoms. The first-order chi connectivity index (χ1) is 13.5. The van der Waals surface area contributed by atoms with Crippen LogP contribution in [-0.2, 0) is 24.0 Å². The van der Waals surface area contributed by atoms with Gasteiger partial charge in [-0.15, -0.1) is 0 Å². The van der Waals surface area contributed by atoms with Crippen LogP contribution in [0.4, 0.5) is 0 Å². The van der Waals surface area contributed by atoms with E-state index in [0.717, 1.165) is 0 Å². The van der Waals surface area contributed by atoms with Gasteiger partial charge in [-0.25, -0.2) is 4.79 Å². The lowest BCUT2D eigenvalue weighted by Gasteiger charge is -2.27. The lowest BCUT2D eigenvalue weighted by atomic mass is 9.97. The summed E-state index contributed by atoms with van der Waals surface area (Å²) < 4.78 is 0. The lowest BCUT2D eigenvalue weighted by Crippen LogP contribution is -2.59. The number of aliphatic hydroxyl groups is 2. The van der Waals surface area contributed by atoms with Crippen LogP contribution >= 0.6 is 0 Å². The minimum Gasteiger partial charge on any atom is -0.481 e. The third-order valence-corrected chi connectivity index (χ3v) is 4.14. The zero-order valence-electron chi connectivity index (χ0n) is 16.1. The number of amides is 3. The molecule has 3 amide bonds. The Labute approximate surface area is 166 Å². The highest BCUT2D eigenvalue weighted by molar-refractivity contribution is 5.94. The van der Waals surface area contributed by atoms with Crippen LogP contribution in [0.15, 0.2) is 0 Å². The lowest BCUT2D eigenvalue weighted by molar-refractivity contribution is -0.147. The Hall–Kier alpha value is -2.77. The Morgan fingerprint density at radius 1 is 0.862 bits per heavy atom. The van der Waals surface area contributed by atoms with Crippen molar-refractivity contribution in [2.24, 2.45) is 11.7 Å². The SMILES string of the molecule is CCC(C)C(NC(=O)C(CO)NC(=O)C(N)CO)C(=O)NC(CC(=O)O)C(=O)O. The van der Waals surface area contributed by atoms with Crippen molar-refractivity contribution in [1.29, 1.82) is 0 Å². The van der Waals surface area contributed by atoms with E-state index in [2.05, 4.69) is 16.0 Å². The van der Waals surface area contributed by atoms with Gasteiger partial charge in [0.05, 0.1) is 19.6 Å². The van der Waals surface area contributed by atoms with Crippen molar-refractivity contribution in [2.75, 3.05) is 13.2 Å². The van der Waals surface area contributed by atoms with Gasteiger partial charge in [-0.3, -0.25) is 19.2 Å². The first kappa shape index (κ1) is 26.2. The van der Waals surface area contributed by atoms with Gasteiger partial charge in [0.15, 0.2) is 0 Å². The minimum absolute atomic E-state index is 0.389. The van der Waals surface area contributed by atoms with Crippen molar-refractivity contribution >= 4 is 29.7 Å². The van der Waals surface area contributed by atoms with E-state index in [9.17, 15) is 29.1 Å². The second kappa shape index (κ2) is 12.6. The van der Waals surface area contributed by atoms with E-state index in [1.54, 1.807) is 13.8 Å². The highest BCUT2D eigenvalue weighted by atomic mass is 16.4. The summed E-state index contributed by atoms with van der Waals surface area (Å²) in [5.74, 6) is -6.28. The van der Waals surface area contributed by atoms with E-state index in [0.29, 0.717) is 6.42 Å². The van der Waals surface area contributed by atoms with Gasteiger partial charge in [0.2, 0.25) is 17.7 Å². The van der Waals surface area contributed by atoms with Crippen LogP contribution in [0, 0.1) is 5.92 Å². The topological polar surface area (TPSA) is 228 Å². The summed E-state index contributed by atoms with van der Waals surface area (Å²) in [5, 5.41) is 42.5. The van der Waals surface area contributed by atoms with Gasteiger partial charge < -0.3 is 42.1 Å². The third-order valence-electron chi connectivity index (χ3n) is 4.14. The van der Waals surface area contributed by atoms with E-state index in [1.165, 1.54) is 0 Å². The number of carboxylic acid groups (broad SMARTS) is 2. The Morgan fingerprint density at radius 3 is 1.83 bits per heavy atom. The number of hydrogen-bond acceptors (Lipinski definition) is 8. The number of nitrogens with two attached hydrogens (primary N) is 1. The second-order valence-corrected chi connectivity index (χ2v) is 6.40. The summed E-state index contributed by atoms with van der Waals surface area (Å²) in [6.07, 6.45) is -0.475. The average molecular weight is 420 g/mol. The van der Waals surface area contributed by atoms with E-state index in [1.807, 2.05) is 0 Å². The summed E-state index contributed by atoms with van der Waals surface area (Å²) >= 11 is 0. The summed E-state index contributed by atoms with van der Waals surface area (Å²) in [6.45, 7) is 1.77. The van der Waals surface area contributed by atoms with Gasteiger partial charge >= 0.3 is 11.9 Å². The fraction of sp³-hybridized carbons (Fsp3) is 0.688. The van der Waals surface area contributed by atoms with Crippen molar-refractivity contribution in [3.8, 4) is 0 Å². The molecule has 0 rings (SSSR count). The maximum Gasteiger partial charge on any atom is 0.326 e. The average Bonchev–Trinajstić information content (AvgIpc) is 2.67. The molecule has 5 atom stereocenters. The van der Waals surface area contributed by atoms with Crippen LogP contribution in [-0.4, -0.2) is 87.5 Å². The van der Waals surface area contributed by atoms with Crippen LogP contribution in [0.5, 0.6) is 0 Å². The molecule has 13 nitrogen and oxygen atoms in total. The molecule has 0 bridgehead atoms. The molecule has 0 aromatic heterocycles. The molecular formula is C16H28N4O9. The van der Waals surface area contributed by atoms with Gasteiger partial charge in [-0.2, -0.15) is 0 Å². The van der Waals surface area contributed by atoms with Crippen molar-refractivity contribution in [1.82, 2.24) is 16.0 Å². The fourth-order valence-electron chi connectivity index (χ4n) is 2.15. The Balaban J connectivity index is 5.33. The molecular weight excluding hydrogens is 392 g/mol. The van der Waals surface area contributed by atoms with Crippen LogP contribution in [0.2, 0.25) is 0 Å². The summed E-state index contributed by atoms with van der Waals surface area (Å²) in [7, 11) is 0. The normalized spacial score (nSPS) is 15.9. The Morgan fingerprint density at radius 2 is 1.41 bits per heavy atom. The molecule has 0 aromatic carbocycles. The highest BCUT2D eigenvalue weighted by Gasteiger charge is 2.33. The number of nitrogens with one attached hydrogen (secondary N) is 3. The number of aliphatic carboxylic acids is 2. The van der Waals surface area contributed by atoms with E-state index >= 15 is 0 Å². The molecule has 0 aliphatic heterocycles. The number of carbonyl (C=O) groups excluding carboxylic acids is 3. The number of rotatable bonds is 13. The Kier molecular flexibility index (Phi) is 11.4. The molecule has 13 heteroatoms. The molecule has 5 unspecified atom stereocenters. The molecule has 0 aliphatic rings. The number of carboxylic acids is 2. The molecule has 0 heterocycles. The molecule has 0 aliphatic carbocycles. The standard InChI is InChI=1S/C16H28N4O9/c1-3-7(2)12(15(27)18-9(16(28)29)4-11(23)24)20-14(26)10(6-22)19-13(25)8(17)5-21/h7-10,12,21-22H,3-6,17H2,1-2H3,(H,18,27)(H,19,25)(H,20,26)(H,23,24)(H,28,29). The maximum atomic E-state index is 12.5. The molecule has 0 saturated heterocycles.